The molecule has 1 heteroatoms. The second kappa shape index (κ2) is 1.10. The van der Waals surface area contributed by atoms with E-state index in [-0.39, 0.29) is 0 Å². The quantitative estimate of drug-likeness (QED) is 0.325. The lowest BCUT2D eigenvalue weighted by Crippen LogP contribution is -1.93. The predicted octanol–water partition coefficient (Wildman–Crippen LogP) is 1.10. The van der Waals surface area contributed by atoms with Crippen molar-refractivity contribution in [2.24, 2.45) is 0 Å². The van der Waals surface area contributed by atoms with Crippen LogP contribution in [0.2, 0.25) is 0 Å². The fourth-order valence-corrected chi connectivity index (χ4v) is 1.05. The average Bonchev–Trinajstić information content (AvgIpc) is 2.41. The monoisotopic (exact) mass is 96.1 g/mol. The summed E-state index contributed by atoms with van der Waals surface area (Å²) in [7, 11) is 0. The number of hydrogen-bond acceptors (Lipinski definition) is 1. The molecule has 1 aliphatic heterocycles. The zero-order chi connectivity index (χ0) is 4.69. The van der Waals surface area contributed by atoms with Crippen LogP contribution in [-0.4, -0.2) is 12.2 Å². The van der Waals surface area contributed by atoms with Gasteiger partial charge in [-0.2, -0.15) is 0 Å². The van der Waals surface area contributed by atoms with Gasteiger partial charge in [-0.05, 0) is 12.8 Å². The van der Waals surface area contributed by atoms with Crippen LogP contribution in [0.1, 0.15) is 12.8 Å². The molecular formula is C6H8O. The van der Waals surface area contributed by atoms with Gasteiger partial charge < -0.3 is 4.74 Å². The lowest BCUT2D eigenvalue weighted by molar-refractivity contribution is 0.385. The molecule has 0 N–H and O–H groups in total. The molecule has 2 atom stereocenters. The Bertz CT molecular complexity index is 107. The largest absolute Gasteiger partial charge is 0.365 e. The van der Waals surface area contributed by atoms with Gasteiger partial charge in [0.15, 0.2) is 0 Å². The second-order valence-electron chi connectivity index (χ2n) is 2.14. The summed E-state index contributed by atoms with van der Waals surface area (Å²) in [5.74, 6) is 0. The highest BCUT2D eigenvalue weighted by molar-refractivity contribution is 5.07. The molecule has 1 aliphatic carbocycles. The van der Waals surface area contributed by atoms with E-state index in [1.165, 1.54) is 12.8 Å². The van der Waals surface area contributed by atoms with Crippen LogP contribution in [0, 0.1) is 0 Å². The molecule has 0 aromatic carbocycles. The van der Waals surface area contributed by atoms with Crippen molar-refractivity contribution >= 4 is 0 Å². The number of hydrogen-bond donors (Lipinski definition) is 0. The minimum atomic E-state index is 0.522. The number of epoxide rings is 1. The van der Waals surface area contributed by atoms with Crippen molar-refractivity contribution in [2.45, 2.75) is 25.0 Å². The molecule has 1 heterocycles. The molecule has 0 bridgehead atoms. The first-order valence-corrected chi connectivity index (χ1v) is 2.79. The molecule has 0 saturated carbocycles. The number of allylic oxidation sites excluding steroid dienone is 1. The normalized spacial score (nSPS) is 45.7. The van der Waals surface area contributed by atoms with Gasteiger partial charge in [0.2, 0.25) is 0 Å². The Morgan fingerprint density at radius 3 is 3.14 bits per heavy atom. The lowest BCUT2D eigenvalue weighted by atomic mass is 10.1. The number of rotatable bonds is 0. The van der Waals surface area contributed by atoms with E-state index in [2.05, 4.69) is 12.2 Å². The van der Waals surface area contributed by atoms with Gasteiger partial charge in [0.25, 0.3) is 0 Å². The SMILES string of the molecule is C1=C[C@@H]2O[C@H]2CC1. The topological polar surface area (TPSA) is 12.5 Å². The van der Waals surface area contributed by atoms with E-state index < -0.39 is 0 Å². The molecule has 0 radical (unpaired) electrons. The van der Waals surface area contributed by atoms with Crippen molar-refractivity contribution in [1.29, 1.82) is 0 Å². The Balaban J connectivity index is 2.14. The van der Waals surface area contributed by atoms with Gasteiger partial charge in [0, 0.05) is 0 Å². The minimum absolute atomic E-state index is 0.522. The highest BCUT2D eigenvalue weighted by Gasteiger charge is 2.37. The molecule has 1 saturated heterocycles. The summed E-state index contributed by atoms with van der Waals surface area (Å²) in [6, 6.07) is 0. The highest BCUT2D eigenvalue weighted by atomic mass is 16.6. The average molecular weight is 96.1 g/mol. The maximum absolute atomic E-state index is 5.19. The molecule has 1 fully saturated rings. The standard InChI is InChI=1S/C6H8O/c1-2-4-6-5(3-1)7-6/h1,3,5-6H,2,4H2/t5-,6-/m0/s1. The fraction of sp³-hybridized carbons (Fsp3) is 0.667. The smallest absolute Gasteiger partial charge is 0.102 e. The van der Waals surface area contributed by atoms with Crippen LogP contribution < -0.4 is 0 Å². The van der Waals surface area contributed by atoms with Crippen LogP contribution >= 0.6 is 0 Å². The van der Waals surface area contributed by atoms with Crippen LogP contribution in [-0.2, 0) is 4.74 Å². The number of fused-ring (bicyclic) bond motifs is 1. The van der Waals surface area contributed by atoms with Gasteiger partial charge in [-0.1, -0.05) is 12.2 Å². The maximum atomic E-state index is 5.19. The van der Waals surface area contributed by atoms with Crippen molar-refractivity contribution in [3.05, 3.63) is 12.2 Å². The van der Waals surface area contributed by atoms with Crippen molar-refractivity contribution in [2.75, 3.05) is 0 Å². The molecule has 38 valence electrons. The van der Waals surface area contributed by atoms with Gasteiger partial charge in [-0.15, -0.1) is 0 Å². The van der Waals surface area contributed by atoms with Crippen LogP contribution in [0.25, 0.3) is 0 Å². The third-order valence-corrected chi connectivity index (χ3v) is 1.57. The second-order valence-corrected chi connectivity index (χ2v) is 2.14. The molecule has 0 aromatic heterocycles. The molecule has 7 heavy (non-hydrogen) atoms. The van der Waals surface area contributed by atoms with Gasteiger partial charge >= 0.3 is 0 Å². The van der Waals surface area contributed by atoms with Crippen LogP contribution in [0.5, 0.6) is 0 Å². The van der Waals surface area contributed by atoms with Gasteiger partial charge in [0.05, 0.1) is 6.10 Å². The highest BCUT2D eigenvalue weighted by Crippen LogP contribution is 2.31. The van der Waals surface area contributed by atoms with E-state index in [0.29, 0.717) is 12.2 Å². The fourth-order valence-electron chi connectivity index (χ4n) is 1.05. The number of ether oxygens (including phenoxy) is 1. The van der Waals surface area contributed by atoms with E-state index in [4.69, 9.17) is 4.74 Å². The lowest BCUT2D eigenvalue weighted by Gasteiger charge is -1.91. The zero-order valence-corrected chi connectivity index (χ0v) is 4.13. The first kappa shape index (κ1) is 3.67. The van der Waals surface area contributed by atoms with Crippen molar-refractivity contribution in [1.82, 2.24) is 0 Å². The molecule has 0 spiro atoms. The van der Waals surface area contributed by atoms with Gasteiger partial charge in [0.1, 0.15) is 6.10 Å². The molecule has 1 nitrogen and oxygen atoms in total. The molecular weight excluding hydrogens is 88.1 g/mol. The summed E-state index contributed by atoms with van der Waals surface area (Å²) in [5, 5.41) is 0. The van der Waals surface area contributed by atoms with Crippen molar-refractivity contribution < 1.29 is 4.74 Å². The first-order chi connectivity index (χ1) is 3.47. The maximum Gasteiger partial charge on any atom is 0.102 e. The Labute approximate surface area is 43.0 Å². The summed E-state index contributed by atoms with van der Waals surface area (Å²) in [4.78, 5) is 0. The molecule has 0 amide bonds. The van der Waals surface area contributed by atoms with E-state index in [1.54, 1.807) is 0 Å². The molecule has 0 unspecified atom stereocenters. The van der Waals surface area contributed by atoms with E-state index >= 15 is 0 Å². The molecule has 0 aromatic rings. The summed E-state index contributed by atoms with van der Waals surface area (Å²) in [6.45, 7) is 0. The Hall–Kier alpha value is -0.300. The van der Waals surface area contributed by atoms with Gasteiger partial charge in [-0.3, -0.25) is 0 Å². The third-order valence-electron chi connectivity index (χ3n) is 1.57. The van der Waals surface area contributed by atoms with Gasteiger partial charge in [-0.25, -0.2) is 0 Å². The molecule has 2 aliphatic rings. The Kier molecular flexibility index (Phi) is 0.577. The van der Waals surface area contributed by atoms with Crippen molar-refractivity contribution in [3.8, 4) is 0 Å². The predicted molar refractivity (Wildman–Crippen MR) is 27.0 cm³/mol. The molecule has 2 rings (SSSR count). The van der Waals surface area contributed by atoms with E-state index in [1.807, 2.05) is 0 Å². The Morgan fingerprint density at radius 2 is 2.57 bits per heavy atom. The summed E-state index contributed by atoms with van der Waals surface area (Å²) in [6.07, 6.45) is 7.98. The summed E-state index contributed by atoms with van der Waals surface area (Å²) in [5.41, 5.74) is 0. The first-order valence-electron chi connectivity index (χ1n) is 2.79. The van der Waals surface area contributed by atoms with E-state index in [0.717, 1.165) is 0 Å². The Morgan fingerprint density at radius 1 is 1.57 bits per heavy atom. The van der Waals surface area contributed by atoms with E-state index in [9.17, 15) is 0 Å². The minimum Gasteiger partial charge on any atom is -0.365 e. The van der Waals surface area contributed by atoms with Crippen LogP contribution in [0.4, 0.5) is 0 Å². The zero-order valence-electron chi connectivity index (χ0n) is 4.13. The third kappa shape index (κ3) is 0.484. The van der Waals surface area contributed by atoms with Crippen LogP contribution in [0.15, 0.2) is 12.2 Å². The van der Waals surface area contributed by atoms with Crippen LogP contribution in [0.3, 0.4) is 0 Å². The summed E-state index contributed by atoms with van der Waals surface area (Å²) >= 11 is 0. The van der Waals surface area contributed by atoms with Crippen molar-refractivity contribution in [3.63, 3.8) is 0 Å². The summed E-state index contributed by atoms with van der Waals surface area (Å²) < 4.78 is 5.19.